The zero-order chi connectivity index (χ0) is 25.0. The summed E-state index contributed by atoms with van der Waals surface area (Å²) in [6.07, 6.45) is 8.49. The number of hydrogen-bond donors (Lipinski definition) is 4. The number of benzene rings is 1. The lowest BCUT2D eigenvalue weighted by atomic mass is 9.67. The number of carbonyl (C=O) groups is 1. The van der Waals surface area contributed by atoms with Crippen molar-refractivity contribution in [3.05, 3.63) is 47.0 Å². The minimum absolute atomic E-state index is 0.0126. The molecular weight excluding hydrogens is 490 g/mol. The first kappa shape index (κ1) is 23.9. The molecule has 1 aromatic carbocycles. The van der Waals surface area contributed by atoms with Crippen molar-refractivity contribution in [2.45, 2.75) is 48.4 Å². The molecule has 2 fully saturated rings. The molecule has 0 radical (unpaired) electrons. The van der Waals surface area contributed by atoms with E-state index in [2.05, 4.69) is 16.2 Å². The molecule has 184 valence electrons. The average Bonchev–Trinajstić information content (AvgIpc) is 3.30. The highest BCUT2D eigenvalue weighted by Crippen LogP contribution is 2.44. The van der Waals surface area contributed by atoms with Crippen LogP contribution in [0.2, 0.25) is 5.02 Å². The van der Waals surface area contributed by atoms with Gasteiger partial charge in [-0.2, -0.15) is 0 Å². The highest BCUT2D eigenvalue weighted by atomic mass is 35.5. The van der Waals surface area contributed by atoms with E-state index in [0.717, 1.165) is 12.8 Å². The molecule has 3 unspecified atom stereocenters. The third-order valence-electron chi connectivity index (χ3n) is 6.72. The van der Waals surface area contributed by atoms with Gasteiger partial charge in [-0.15, -0.1) is 6.42 Å². The number of nitrogens with zero attached hydrogens (tertiary/aromatic N) is 1. The maximum atomic E-state index is 12.8. The van der Waals surface area contributed by atoms with Crippen LogP contribution in [0.5, 0.6) is 0 Å². The van der Waals surface area contributed by atoms with Crippen molar-refractivity contribution in [1.82, 2.24) is 10.3 Å². The zero-order valence-electron chi connectivity index (χ0n) is 18.8. The summed E-state index contributed by atoms with van der Waals surface area (Å²) in [5, 5.41) is 3.18. The van der Waals surface area contributed by atoms with Gasteiger partial charge >= 0.3 is 0 Å². The Labute approximate surface area is 207 Å². The number of fused-ring (bicyclic) bond motifs is 1. The van der Waals surface area contributed by atoms with Crippen LogP contribution in [-0.2, 0) is 9.73 Å². The van der Waals surface area contributed by atoms with Gasteiger partial charge in [0.1, 0.15) is 15.2 Å². The van der Waals surface area contributed by atoms with Crippen molar-refractivity contribution in [2.24, 2.45) is 23.3 Å². The van der Waals surface area contributed by atoms with Crippen LogP contribution < -0.4 is 16.8 Å². The SMILES string of the molecule is C#C[C@@](N)(C[C@H]1CC(c2nc3cc(Cl)ccc3o2)C1N)NC(=O)c1ccc(S(=N)(=O)CC2CC2)o1. The molecule has 2 aliphatic rings. The van der Waals surface area contributed by atoms with E-state index in [1.165, 1.54) is 12.1 Å². The highest BCUT2D eigenvalue weighted by molar-refractivity contribution is 7.92. The number of aromatic nitrogens is 1. The molecule has 11 heteroatoms. The number of hydrogen-bond acceptors (Lipinski definition) is 8. The number of rotatable bonds is 8. The quantitative estimate of drug-likeness (QED) is 0.264. The van der Waals surface area contributed by atoms with E-state index in [0.29, 0.717) is 28.4 Å². The van der Waals surface area contributed by atoms with Gasteiger partial charge in [-0.05, 0) is 67.9 Å². The Hall–Kier alpha value is -2.84. The first-order chi connectivity index (χ1) is 16.6. The second kappa shape index (κ2) is 8.68. The number of carbonyl (C=O) groups excluding carboxylic acids is 1. The summed E-state index contributed by atoms with van der Waals surface area (Å²) in [7, 11) is -3.08. The normalized spacial score (nSPS) is 25.3. The van der Waals surface area contributed by atoms with Crippen LogP contribution in [0.4, 0.5) is 0 Å². The second-order valence-electron chi connectivity index (χ2n) is 9.52. The van der Waals surface area contributed by atoms with E-state index >= 15 is 0 Å². The molecule has 2 aromatic heterocycles. The molecule has 5 rings (SSSR count). The lowest BCUT2D eigenvalue weighted by Gasteiger charge is -2.43. The Bertz CT molecular complexity index is 1440. The largest absolute Gasteiger partial charge is 0.441 e. The summed E-state index contributed by atoms with van der Waals surface area (Å²) < 4.78 is 32.0. The molecule has 5 atom stereocenters. The van der Waals surface area contributed by atoms with Crippen molar-refractivity contribution >= 4 is 38.3 Å². The van der Waals surface area contributed by atoms with Gasteiger partial charge in [0.15, 0.2) is 28.0 Å². The number of oxazole rings is 1. The zero-order valence-corrected chi connectivity index (χ0v) is 20.4. The predicted molar refractivity (Wildman–Crippen MR) is 131 cm³/mol. The maximum absolute atomic E-state index is 12.8. The Morgan fingerprint density at radius 1 is 1.34 bits per heavy atom. The van der Waals surface area contributed by atoms with E-state index < -0.39 is 21.3 Å². The number of amides is 1. The Kier molecular flexibility index (Phi) is 5.92. The standard InChI is InChI=1S/C24H26ClN5O4S/c1-2-24(27,30-22(31)19-7-8-20(33-19)35(28,32)12-13-3-4-13)11-14-9-16(21(14)26)23-29-17-10-15(25)5-6-18(17)34-23/h1,5-8,10,13-14,16,21,28H,3-4,9,11-12,26-27H2,(H,30,31)/t14-,16?,21?,24+,35?/m1/s1. The van der Waals surface area contributed by atoms with Crippen LogP contribution >= 0.6 is 11.6 Å². The van der Waals surface area contributed by atoms with E-state index in [1.807, 2.05) is 0 Å². The monoisotopic (exact) mass is 515 g/mol. The van der Waals surface area contributed by atoms with Gasteiger partial charge in [0.2, 0.25) is 0 Å². The van der Waals surface area contributed by atoms with Crippen molar-refractivity contribution in [2.75, 3.05) is 5.75 Å². The van der Waals surface area contributed by atoms with Crippen molar-refractivity contribution in [3.63, 3.8) is 0 Å². The third-order valence-corrected chi connectivity index (χ3v) is 8.77. The molecule has 3 aromatic rings. The van der Waals surface area contributed by atoms with Crippen molar-refractivity contribution in [1.29, 1.82) is 4.78 Å². The van der Waals surface area contributed by atoms with Gasteiger partial charge in [0, 0.05) is 16.8 Å². The third kappa shape index (κ3) is 4.82. The molecule has 2 saturated carbocycles. The number of halogens is 1. The molecule has 9 nitrogen and oxygen atoms in total. The van der Waals surface area contributed by atoms with E-state index in [4.69, 9.17) is 43.1 Å². The number of nitrogens with two attached hydrogens (primary N) is 2. The summed E-state index contributed by atoms with van der Waals surface area (Å²) in [6, 6.07) is 7.71. The average molecular weight is 516 g/mol. The Morgan fingerprint density at radius 2 is 2.11 bits per heavy atom. The summed E-state index contributed by atoms with van der Waals surface area (Å²) in [5.74, 6) is 2.59. The first-order valence-electron chi connectivity index (χ1n) is 11.3. The maximum Gasteiger partial charge on any atom is 0.289 e. The fourth-order valence-corrected chi connectivity index (χ4v) is 6.32. The van der Waals surface area contributed by atoms with E-state index in [1.54, 1.807) is 18.2 Å². The van der Waals surface area contributed by atoms with Gasteiger partial charge in [0.05, 0.1) is 5.92 Å². The molecule has 2 aliphatic carbocycles. The van der Waals surface area contributed by atoms with E-state index in [-0.39, 0.29) is 46.8 Å². The number of nitrogens with one attached hydrogen (secondary N) is 2. The molecule has 0 saturated heterocycles. The molecule has 6 N–H and O–H groups in total. The van der Waals surface area contributed by atoms with Crippen molar-refractivity contribution < 1.29 is 17.8 Å². The second-order valence-corrected chi connectivity index (χ2v) is 12.0. The van der Waals surface area contributed by atoms with Crippen LogP contribution in [0.15, 0.2) is 44.3 Å². The first-order valence-corrected chi connectivity index (χ1v) is 13.4. The smallest absolute Gasteiger partial charge is 0.289 e. The Morgan fingerprint density at radius 3 is 2.80 bits per heavy atom. The topological polar surface area (TPSA) is 161 Å². The van der Waals surface area contributed by atoms with Crippen LogP contribution in [0, 0.1) is 29.0 Å². The molecular formula is C24H26ClN5O4S. The van der Waals surface area contributed by atoms with Gasteiger partial charge in [-0.3, -0.25) is 10.5 Å². The minimum Gasteiger partial charge on any atom is -0.441 e. The van der Waals surface area contributed by atoms with Crippen LogP contribution in [0.1, 0.15) is 48.0 Å². The van der Waals surface area contributed by atoms with Crippen molar-refractivity contribution in [3.8, 4) is 12.3 Å². The minimum atomic E-state index is -3.08. The Balaban J connectivity index is 1.22. The molecule has 0 bridgehead atoms. The van der Waals surface area contributed by atoms with Gasteiger partial charge in [-0.1, -0.05) is 17.5 Å². The highest BCUT2D eigenvalue weighted by Gasteiger charge is 2.45. The predicted octanol–water partition coefficient (Wildman–Crippen LogP) is 3.43. The number of furan rings is 1. The summed E-state index contributed by atoms with van der Waals surface area (Å²) in [6.45, 7) is 0. The summed E-state index contributed by atoms with van der Waals surface area (Å²) >= 11 is 6.02. The van der Waals surface area contributed by atoms with Gasteiger partial charge < -0.3 is 19.9 Å². The van der Waals surface area contributed by atoms with Gasteiger partial charge in [-0.25, -0.2) is 14.0 Å². The molecule has 1 amide bonds. The molecule has 0 aliphatic heterocycles. The molecule has 0 spiro atoms. The number of terminal acetylenes is 1. The van der Waals surface area contributed by atoms with E-state index in [9.17, 15) is 9.00 Å². The lowest BCUT2D eigenvalue weighted by Crippen LogP contribution is -2.59. The van der Waals surface area contributed by atoms with Crippen LogP contribution in [0.25, 0.3) is 11.1 Å². The van der Waals surface area contributed by atoms with Crippen LogP contribution in [-0.4, -0.2) is 32.6 Å². The fourth-order valence-electron chi connectivity index (χ4n) is 4.48. The molecule has 35 heavy (non-hydrogen) atoms. The van der Waals surface area contributed by atoms with Gasteiger partial charge in [0.25, 0.3) is 5.91 Å². The van der Waals surface area contributed by atoms with Crippen LogP contribution in [0.3, 0.4) is 0 Å². The lowest BCUT2D eigenvalue weighted by molar-refractivity contribution is 0.0847. The summed E-state index contributed by atoms with van der Waals surface area (Å²) in [5.41, 5.74) is 12.6. The fraction of sp³-hybridized carbons (Fsp3) is 0.417. The summed E-state index contributed by atoms with van der Waals surface area (Å²) in [4.78, 5) is 17.3. The molecule has 2 heterocycles.